The Morgan fingerprint density at radius 3 is 2.20 bits per heavy atom. The van der Waals surface area contributed by atoms with E-state index in [0.29, 0.717) is 5.90 Å². The van der Waals surface area contributed by atoms with Gasteiger partial charge in [-0.05, 0) is 75.3 Å². The molecule has 5 nitrogen and oxygen atoms in total. The maximum absolute atomic E-state index is 12.5. The average Bonchev–Trinajstić information content (AvgIpc) is 2.94. The number of hydrogen-bond donors (Lipinski definition) is 0. The van der Waals surface area contributed by atoms with Crippen LogP contribution in [0, 0.1) is 23.2 Å². The summed E-state index contributed by atoms with van der Waals surface area (Å²) in [6, 6.07) is 3.78. The van der Waals surface area contributed by atoms with E-state index in [1.54, 1.807) is 24.3 Å². The van der Waals surface area contributed by atoms with Crippen LogP contribution in [0.3, 0.4) is 0 Å². The molecule has 0 aromatic carbocycles. The largest absolute Gasteiger partial charge is 0.447 e. The van der Waals surface area contributed by atoms with E-state index in [1.165, 1.54) is 38.5 Å². The molecule has 132 valence electrons. The first-order chi connectivity index (χ1) is 12.0. The Hall–Kier alpha value is -1.91. The fraction of sp³-hybridized carbons (Fsp3) is 0.650. The van der Waals surface area contributed by atoms with Crippen LogP contribution in [0.1, 0.15) is 57.9 Å². The molecular weight excluding hydrogens is 314 g/mol. The summed E-state index contributed by atoms with van der Waals surface area (Å²) in [6.07, 6.45) is 11.1. The predicted octanol–water partition coefficient (Wildman–Crippen LogP) is 3.55. The van der Waals surface area contributed by atoms with Crippen LogP contribution < -0.4 is 0 Å². The minimum Gasteiger partial charge on any atom is -0.447 e. The fourth-order valence-electron chi connectivity index (χ4n) is 6.43. The van der Waals surface area contributed by atoms with Gasteiger partial charge in [0, 0.05) is 30.3 Å². The second kappa shape index (κ2) is 5.05. The van der Waals surface area contributed by atoms with Gasteiger partial charge in [-0.3, -0.25) is 9.78 Å². The summed E-state index contributed by atoms with van der Waals surface area (Å²) in [5, 5.41) is 6.25. The van der Waals surface area contributed by atoms with E-state index >= 15 is 0 Å². The molecular formula is C20H25N3O2. The van der Waals surface area contributed by atoms with Crippen LogP contribution in [0.5, 0.6) is 0 Å². The Bertz CT molecular complexity index is 709. The Labute approximate surface area is 148 Å². The van der Waals surface area contributed by atoms with Crippen LogP contribution >= 0.6 is 0 Å². The molecule has 6 rings (SSSR count). The van der Waals surface area contributed by atoms with Gasteiger partial charge in [0.25, 0.3) is 0 Å². The van der Waals surface area contributed by atoms with Gasteiger partial charge >= 0.3 is 0 Å². The molecule has 25 heavy (non-hydrogen) atoms. The van der Waals surface area contributed by atoms with Crippen LogP contribution in [0.4, 0.5) is 0 Å². The highest BCUT2D eigenvalue weighted by Gasteiger charge is 2.65. The first-order valence-corrected chi connectivity index (χ1v) is 9.48. The molecule has 0 unspecified atom stereocenters. The SMILES string of the molecule is CC(=O)N1N=C(c2ccncc2)O[C@@]1(C)C12CC3CC(CC(C3)C1)C2. The highest BCUT2D eigenvalue weighted by molar-refractivity contribution is 5.96. The molecule has 1 amide bonds. The summed E-state index contributed by atoms with van der Waals surface area (Å²) in [5.74, 6) is 2.90. The molecule has 0 radical (unpaired) electrons. The highest BCUT2D eigenvalue weighted by atomic mass is 16.6. The van der Waals surface area contributed by atoms with Crippen molar-refractivity contribution in [2.75, 3.05) is 0 Å². The molecule has 4 fully saturated rings. The number of carbonyl (C=O) groups excluding carboxylic acids is 1. The molecule has 1 aromatic rings. The Morgan fingerprint density at radius 2 is 1.68 bits per heavy atom. The molecule has 2 heterocycles. The van der Waals surface area contributed by atoms with E-state index in [4.69, 9.17) is 4.74 Å². The zero-order chi connectivity index (χ0) is 17.2. The van der Waals surface area contributed by atoms with Crippen molar-refractivity contribution in [3.8, 4) is 0 Å². The number of hydrazone groups is 1. The number of rotatable bonds is 2. The van der Waals surface area contributed by atoms with E-state index in [2.05, 4.69) is 17.0 Å². The number of ether oxygens (including phenoxy) is 1. The van der Waals surface area contributed by atoms with Gasteiger partial charge in [-0.25, -0.2) is 0 Å². The molecule has 4 saturated carbocycles. The lowest BCUT2D eigenvalue weighted by Crippen LogP contribution is -2.63. The number of hydrogen-bond acceptors (Lipinski definition) is 4. The van der Waals surface area contributed by atoms with Crippen LogP contribution in [-0.4, -0.2) is 27.5 Å². The van der Waals surface area contributed by atoms with Gasteiger partial charge < -0.3 is 4.74 Å². The molecule has 1 aromatic heterocycles. The van der Waals surface area contributed by atoms with E-state index in [-0.39, 0.29) is 11.3 Å². The number of amides is 1. The Morgan fingerprint density at radius 1 is 1.12 bits per heavy atom. The first kappa shape index (κ1) is 15.4. The molecule has 5 heteroatoms. The molecule has 1 aliphatic heterocycles. The zero-order valence-electron chi connectivity index (χ0n) is 14.9. The minimum absolute atomic E-state index is 0.0334. The normalized spacial score (nSPS) is 41.6. The van der Waals surface area contributed by atoms with Crippen LogP contribution in [0.15, 0.2) is 29.6 Å². The minimum atomic E-state index is -0.673. The van der Waals surface area contributed by atoms with Crippen molar-refractivity contribution in [3.05, 3.63) is 30.1 Å². The molecule has 1 atom stereocenters. The second-order valence-corrected chi connectivity index (χ2v) is 8.75. The van der Waals surface area contributed by atoms with E-state index < -0.39 is 5.72 Å². The van der Waals surface area contributed by atoms with Gasteiger partial charge in [0.1, 0.15) is 0 Å². The maximum Gasteiger partial charge on any atom is 0.243 e. The van der Waals surface area contributed by atoms with E-state index in [1.807, 2.05) is 12.1 Å². The lowest BCUT2D eigenvalue weighted by molar-refractivity contribution is -0.216. The summed E-state index contributed by atoms with van der Waals surface area (Å²) < 4.78 is 6.52. The Balaban J connectivity index is 1.55. The smallest absolute Gasteiger partial charge is 0.243 e. The topological polar surface area (TPSA) is 54.8 Å². The van der Waals surface area contributed by atoms with Gasteiger partial charge in [-0.2, -0.15) is 5.01 Å². The lowest BCUT2D eigenvalue weighted by atomic mass is 9.47. The van der Waals surface area contributed by atoms with Crippen molar-refractivity contribution in [2.45, 2.75) is 58.1 Å². The number of pyridine rings is 1. The fourth-order valence-corrected chi connectivity index (χ4v) is 6.43. The number of nitrogens with zero attached hydrogens (tertiary/aromatic N) is 3. The average molecular weight is 339 g/mol. The van der Waals surface area contributed by atoms with Crippen molar-refractivity contribution < 1.29 is 9.53 Å². The number of carbonyl (C=O) groups is 1. The van der Waals surface area contributed by atoms with Crippen molar-refractivity contribution >= 4 is 11.8 Å². The number of aromatic nitrogens is 1. The molecule has 4 aliphatic carbocycles. The van der Waals surface area contributed by atoms with E-state index in [0.717, 1.165) is 23.3 Å². The Kier molecular flexibility index (Phi) is 3.10. The summed E-state index contributed by atoms with van der Waals surface area (Å²) in [5.41, 5.74) is 0.244. The molecule has 5 aliphatic rings. The monoisotopic (exact) mass is 339 g/mol. The third-order valence-corrected chi connectivity index (χ3v) is 7.14. The summed E-state index contributed by atoms with van der Waals surface area (Å²) in [6.45, 7) is 3.69. The van der Waals surface area contributed by atoms with Crippen molar-refractivity contribution in [2.24, 2.45) is 28.3 Å². The van der Waals surface area contributed by atoms with Gasteiger partial charge in [0.15, 0.2) is 0 Å². The van der Waals surface area contributed by atoms with E-state index in [9.17, 15) is 4.79 Å². The third-order valence-electron chi connectivity index (χ3n) is 7.14. The highest BCUT2D eigenvalue weighted by Crippen LogP contribution is 2.65. The van der Waals surface area contributed by atoms with Crippen molar-refractivity contribution in [1.82, 2.24) is 9.99 Å². The first-order valence-electron chi connectivity index (χ1n) is 9.48. The molecule has 0 spiro atoms. The van der Waals surface area contributed by atoms with Crippen molar-refractivity contribution in [1.29, 1.82) is 0 Å². The lowest BCUT2D eigenvalue weighted by Gasteiger charge is -2.61. The zero-order valence-corrected chi connectivity index (χ0v) is 14.9. The second-order valence-electron chi connectivity index (χ2n) is 8.75. The molecule has 4 bridgehead atoms. The standard InChI is InChI=1S/C20H25N3O2/c1-13(24)23-19(2,25-18(22-23)17-3-5-21-6-4-17)20-10-14-7-15(11-20)9-16(8-14)12-20/h3-6,14-16H,7-12H2,1-2H3/t14?,15?,16?,19-,20?/m0/s1. The van der Waals surface area contributed by atoms with Crippen molar-refractivity contribution in [3.63, 3.8) is 0 Å². The molecule has 0 N–H and O–H groups in total. The van der Waals surface area contributed by atoms with Crippen LogP contribution in [-0.2, 0) is 9.53 Å². The van der Waals surface area contributed by atoms with Gasteiger partial charge in [0.05, 0.1) is 0 Å². The summed E-state index contributed by atoms with van der Waals surface area (Å²) in [4.78, 5) is 16.5. The van der Waals surface area contributed by atoms with Crippen LogP contribution in [0.25, 0.3) is 0 Å². The maximum atomic E-state index is 12.5. The summed E-state index contributed by atoms with van der Waals surface area (Å²) in [7, 11) is 0. The predicted molar refractivity (Wildman–Crippen MR) is 93.4 cm³/mol. The molecule has 0 saturated heterocycles. The van der Waals surface area contributed by atoms with Gasteiger partial charge in [0.2, 0.25) is 17.5 Å². The van der Waals surface area contributed by atoms with Gasteiger partial charge in [-0.1, -0.05) is 0 Å². The third kappa shape index (κ3) is 2.10. The van der Waals surface area contributed by atoms with Gasteiger partial charge in [-0.15, -0.1) is 5.10 Å². The van der Waals surface area contributed by atoms with Crippen LogP contribution in [0.2, 0.25) is 0 Å². The summed E-state index contributed by atoms with van der Waals surface area (Å²) >= 11 is 0. The quantitative estimate of drug-likeness (QED) is 0.828.